The average molecular weight is 794 g/mol. The van der Waals surface area contributed by atoms with Gasteiger partial charge in [-0.15, -0.1) is 0 Å². The van der Waals surface area contributed by atoms with Crippen LogP contribution < -0.4 is 20.9 Å². The monoisotopic (exact) mass is 794 g/mol. The third-order valence-corrected chi connectivity index (χ3v) is 11.3. The number of carbonyl (C=O) groups is 2. The van der Waals surface area contributed by atoms with Gasteiger partial charge in [-0.05, 0) is 124 Å². The molecule has 3 aromatic heterocycles. The fourth-order valence-corrected chi connectivity index (χ4v) is 7.92. The predicted octanol–water partition coefficient (Wildman–Crippen LogP) is 8.19. The van der Waals surface area contributed by atoms with Crippen LogP contribution in [0.4, 0.5) is 26.8 Å². The SMILES string of the molecule is CCC(C)(F)CN(CCCOC)c1nccc(Nc2cc3c(cn2)c(C(=O)NC2CCN(CCCC4CCC(NC(=O)OC(C)(C)C)CC4)CC2)cn3C(C)C)n1. The summed E-state index contributed by atoms with van der Waals surface area (Å²) in [5.74, 6) is 2.22. The van der Waals surface area contributed by atoms with E-state index in [2.05, 4.69) is 49.2 Å². The first kappa shape index (κ1) is 44.1. The van der Waals surface area contributed by atoms with Crippen LogP contribution in [0.15, 0.2) is 30.7 Å². The van der Waals surface area contributed by atoms with E-state index in [1.54, 1.807) is 32.5 Å². The zero-order valence-electron chi connectivity index (χ0n) is 35.7. The second kappa shape index (κ2) is 20.1. The molecule has 5 rings (SSSR count). The maximum absolute atomic E-state index is 15.1. The summed E-state index contributed by atoms with van der Waals surface area (Å²) in [6.45, 7) is 17.6. The largest absolute Gasteiger partial charge is 0.444 e. The van der Waals surface area contributed by atoms with Crippen molar-refractivity contribution in [2.75, 3.05) is 56.7 Å². The number of halogens is 1. The highest BCUT2D eigenvalue weighted by atomic mass is 19.1. The third-order valence-electron chi connectivity index (χ3n) is 11.3. The molecule has 1 atom stereocenters. The molecule has 13 nitrogen and oxygen atoms in total. The van der Waals surface area contributed by atoms with Crippen LogP contribution in [-0.2, 0) is 9.47 Å². The lowest BCUT2D eigenvalue weighted by Gasteiger charge is -2.33. The number of likely N-dealkylation sites (tertiary alicyclic amines) is 1. The van der Waals surface area contributed by atoms with Gasteiger partial charge in [0.1, 0.15) is 22.9 Å². The van der Waals surface area contributed by atoms with E-state index in [1.807, 2.05) is 44.9 Å². The van der Waals surface area contributed by atoms with Crippen LogP contribution in [0.3, 0.4) is 0 Å². The number of rotatable bonds is 18. The Bertz CT molecular complexity index is 1740. The molecule has 0 spiro atoms. The van der Waals surface area contributed by atoms with E-state index in [4.69, 9.17) is 14.5 Å². The number of hydrogen-bond acceptors (Lipinski definition) is 10. The van der Waals surface area contributed by atoms with Gasteiger partial charge in [0, 0.05) is 81.5 Å². The van der Waals surface area contributed by atoms with Crippen LogP contribution >= 0.6 is 0 Å². The van der Waals surface area contributed by atoms with Gasteiger partial charge < -0.3 is 39.8 Å². The van der Waals surface area contributed by atoms with E-state index in [1.165, 1.54) is 12.8 Å². The third kappa shape index (κ3) is 13.2. The molecule has 0 bridgehead atoms. The molecule has 0 aromatic carbocycles. The Morgan fingerprint density at radius 2 is 1.72 bits per heavy atom. The molecule has 2 aliphatic rings. The van der Waals surface area contributed by atoms with Crippen molar-refractivity contribution in [1.29, 1.82) is 0 Å². The molecule has 1 unspecified atom stereocenters. The molecule has 3 aromatic rings. The highest BCUT2D eigenvalue weighted by Crippen LogP contribution is 2.30. The number of piperidine rings is 1. The fourth-order valence-electron chi connectivity index (χ4n) is 7.92. The summed E-state index contributed by atoms with van der Waals surface area (Å²) in [5.41, 5.74) is -0.334. The van der Waals surface area contributed by atoms with Crippen molar-refractivity contribution in [2.45, 2.75) is 142 Å². The Morgan fingerprint density at radius 1 is 1.00 bits per heavy atom. The highest BCUT2D eigenvalue weighted by Gasteiger charge is 2.28. The van der Waals surface area contributed by atoms with Gasteiger partial charge in [-0.2, -0.15) is 4.98 Å². The van der Waals surface area contributed by atoms with E-state index in [-0.39, 0.29) is 36.7 Å². The van der Waals surface area contributed by atoms with Gasteiger partial charge in [0.25, 0.3) is 5.91 Å². The number of hydrogen-bond donors (Lipinski definition) is 3. The van der Waals surface area contributed by atoms with Crippen LogP contribution in [0.25, 0.3) is 10.9 Å². The smallest absolute Gasteiger partial charge is 0.407 e. The number of ether oxygens (including phenoxy) is 2. The van der Waals surface area contributed by atoms with Gasteiger partial charge in [-0.1, -0.05) is 6.92 Å². The number of nitrogens with one attached hydrogen (secondary N) is 3. The summed E-state index contributed by atoms with van der Waals surface area (Å²) in [6, 6.07) is 4.18. The Morgan fingerprint density at radius 3 is 2.39 bits per heavy atom. The Hall–Kier alpha value is -4.04. The molecule has 14 heteroatoms. The van der Waals surface area contributed by atoms with E-state index < -0.39 is 11.3 Å². The standard InChI is InChI=1S/C43H68FN9O4/c1-9-43(7,44)29-52(22-11-25-56-8)40-45-20-17-37(50-40)49-38-26-36-34(27-46-38)35(28-53(36)30(2)3)39(54)47-33-18-23-51(24-19-33)21-10-12-31-13-15-32(16-14-31)48-41(55)57-42(4,5)6/h17,20,26-28,30-33H,9-16,18-19,21-25,29H2,1-8H3,(H,47,54)(H,48,55)(H,45,46,49,50). The first-order valence-corrected chi connectivity index (χ1v) is 21.2. The first-order valence-electron chi connectivity index (χ1n) is 21.2. The maximum Gasteiger partial charge on any atom is 0.407 e. The van der Waals surface area contributed by atoms with Crippen molar-refractivity contribution in [3.8, 4) is 0 Å². The average Bonchev–Trinajstić information content (AvgIpc) is 3.55. The van der Waals surface area contributed by atoms with Gasteiger partial charge in [-0.3, -0.25) is 4.79 Å². The topological polar surface area (TPSA) is 139 Å². The van der Waals surface area contributed by atoms with Crippen molar-refractivity contribution >= 4 is 40.5 Å². The van der Waals surface area contributed by atoms with Gasteiger partial charge in [-0.25, -0.2) is 19.2 Å². The summed E-state index contributed by atoms with van der Waals surface area (Å²) in [6.07, 6.45) is 14.7. The van der Waals surface area contributed by atoms with Gasteiger partial charge in [0.2, 0.25) is 5.95 Å². The number of alkyl halides is 1. The van der Waals surface area contributed by atoms with E-state index in [0.29, 0.717) is 48.6 Å². The quantitative estimate of drug-likeness (QED) is 0.108. The molecule has 2 amide bonds. The molecule has 1 aliphatic carbocycles. The van der Waals surface area contributed by atoms with E-state index in [9.17, 15) is 9.59 Å². The molecule has 316 valence electrons. The minimum atomic E-state index is -1.39. The van der Waals surface area contributed by atoms with Crippen molar-refractivity contribution < 1.29 is 23.5 Å². The second-order valence-corrected chi connectivity index (χ2v) is 17.6. The van der Waals surface area contributed by atoms with Gasteiger partial charge in [0.05, 0.1) is 17.6 Å². The maximum atomic E-state index is 15.1. The summed E-state index contributed by atoms with van der Waals surface area (Å²) in [4.78, 5) is 44.2. The normalized spacial score (nSPS) is 19.3. The number of alkyl carbamates (subject to hydrolysis) is 1. The predicted molar refractivity (Wildman–Crippen MR) is 225 cm³/mol. The molecule has 0 radical (unpaired) electrons. The van der Waals surface area contributed by atoms with Crippen molar-refractivity contribution in [3.05, 3.63) is 36.3 Å². The molecular formula is C43H68FN9O4. The van der Waals surface area contributed by atoms with E-state index in [0.717, 1.165) is 75.5 Å². The lowest BCUT2D eigenvalue weighted by Crippen LogP contribution is -2.45. The van der Waals surface area contributed by atoms with Crippen LogP contribution in [-0.4, -0.2) is 106 Å². The number of nitrogens with zero attached hydrogens (tertiary/aromatic N) is 6. The van der Waals surface area contributed by atoms with Crippen LogP contribution in [0.5, 0.6) is 0 Å². The summed E-state index contributed by atoms with van der Waals surface area (Å²) in [5, 5.41) is 10.5. The lowest BCUT2D eigenvalue weighted by molar-refractivity contribution is 0.0486. The number of anilines is 3. The molecule has 2 fully saturated rings. The molecular weight excluding hydrogens is 726 g/mol. The fraction of sp³-hybridized carbons (Fsp3) is 0.698. The summed E-state index contributed by atoms with van der Waals surface area (Å²) in [7, 11) is 1.66. The summed E-state index contributed by atoms with van der Waals surface area (Å²) >= 11 is 0. The Kier molecular flexibility index (Phi) is 15.5. The molecule has 3 N–H and O–H groups in total. The number of aromatic nitrogens is 4. The number of fused-ring (bicyclic) bond motifs is 1. The Labute approximate surface area is 339 Å². The zero-order valence-corrected chi connectivity index (χ0v) is 35.7. The number of carbonyl (C=O) groups excluding carboxylic acids is 2. The second-order valence-electron chi connectivity index (χ2n) is 17.6. The Balaban J connectivity index is 1.12. The van der Waals surface area contributed by atoms with Crippen molar-refractivity contribution in [2.24, 2.45) is 5.92 Å². The van der Waals surface area contributed by atoms with Gasteiger partial charge in [0.15, 0.2) is 0 Å². The van der Waals surface area contributed by atoms with E-state index >= 15 is 4.39 Å². The lowest BCUT2D eigenvalue weighted by atomic mass is 9.83. The number of pyridine rings is 1. The van der Waals surface area contributed by atoms with Crippen LogP contribution in [0, 0.1) is 5.92 Å². The molecule has 4 heterocycles. The first-order chi connectivity index (χ1) is 27.1. The van der Waals surface area contributed by atoms with Crippen LogP contribution in [0.1, 0.15) is 129 Å². The van der Waals surface area contributed by atoms with Crippen molar-refractivity contribution in [3.63, 3.8) is 0 Å². The zero-order chi connectivity index (χ0) is 41.2. The van der Waals surface area contributed by atoms with Gasteiger partial charge >= 0.3 is 6.09 Å². The number of amides is 2. The molecule has 1 aliphatic heterocycles. The number of methoxy groups -OCH3 is 1. The highest BCUT2D eigenvalue weighted by molar-refractivity contribution is 6.07. The molecule has 1 saturated carbocycles. The molecule has 57 heavy (non-hydrogen) atoms. The van der Waals surface area contributed by atoms with Crippen LogP contribution in [0.2, 0.25) is 0 Å². The minimum Gasteiger partial charge on any atom is -0.444 e. The summed E-state index contributed by atoms with van der Waals surface area (Å²) < 4.78 is 27.9. The molecule has 1 saturated heterocycles. The van der Waals surface area contributed by atoms with Crippen molar-refractivity contribution in [1.82, 2.24) is 35.1 Å². The minimum absolute atomic E-state index is 0.0712.